The highest BCUT2D eigenvalue weighted by atomic mass is 16.2. The number of nitrogens with one attached hydrogen (secondary N) is 2. The first kappa shape index (κ1) is 18.9. The average molecular weight is 369 g/mol. The van der Waals surface area contributed by atoms with E-state index in [2.05, 4.69) is 53.4 Å². The van der Waals surface area contributed by atoms with Gasteiger partial charge in [-0.25, -0.2) is 4.79 Å². The third-order valence-corrected chi connectivity index (χ3v) is 4.81. The van der Waals surface area contributed by atoms with Crippen molar-refractivity contribution >= 4 is 17.1 Å². The molecule has 7 heteroatoms. The van der Waals surface area contributed by atoms with E-state index >= 15 is 0 Å². The smallest absolute Gasteiger partial charge is 0.329 e. The van der Waals surface area contributed by atoms with Gasteiger partial charge in [0.25, 0.3) is 5.56 Å². The molecule has 0 unspecified atom stereocenters. The number of unbranched alkanes of at least 4 members (excludes halogenated alkanes) is 3. The first-order valence-electron chi connectivity index (χ1n) is 9.50. The summed E-state index contributed by atoms with van der Waals surface area (Å²) in [6.07, 6.45) is 4.37. The predicted octanol–water partition coefficient (Wildman–Crippen LogP) is 2.92. The molecule has 0 spiro atoms. The number of aromatic amines is 1. The van der Waals surface area contributed by atoms with Crippen molar-refractivity contribution in [3.8, 4) is 0 Å². The van der Waals surface area contributed by atoms with E-state index in [-0.39, 0.29) is 5.56 Å². The summed E-state index contributed by atoms with van der Waals surface area (Å²) in [7, 11) is 1.62. The van der Waals surface area contributed by atoms with E-state index in [1.54, 1.807) is 7.05 Å². The second-order valence-electron chi connectivity index (χ2n) is 6.98. The SMILES string of the molecule is CCCCCCn1c(NCc2ccc(C)cc2)nc2c1c(=O)[nH]c(=O)n2C. The van der Waals surface area contributed by atoms with Crippen molar-refractivity contribution in [2.45, 2.75) is 52.6 Å². The summed E-state index contributed by atoms with van der Waals surface area (Å²) in [5.41, 5.74) is 2.36. The van der Waals surface area contributed by atoms with Crippen LogP contribution < -0.4 is 16.6 Å². The maximum atomic E-state index is 12.4. The zero-order valence-corrected chi connectivity index (χ0v) is 16.2. The van der Waals surface area contributed by atoms with Crippen LogP contribution in [-0.2, 0) is 20.1 Å². The average Bonchev–Trinajstić information content (AvgIpc) is 3.02. The van der Waals surface area contributed by atoms with Gasteiger partial charge in [0, 0.05) is 20.1 Å². The van der Waals surface area contributed by atoms with Crippen LogP contribution in [0.2, 0.25) is 0 Å². The molecule has 27 heavy (non-hydrogen) atoms. The number of H-pyrrole nitrogens is 1. The topological polar surface area (TPSA) is 84.7 Å². The Labute approximate surface area is 158 Å². The minimum Gasteiger partial charge on any atom is -0.352 e. The van der Waals surface area contributed by atoms with Crippen molar-refractivity contribution in [1.29, 1.82) is 0 Å². The molecule has 1 aromatic carbocycles. The lowest BCUT2D eigenvalue weighted by atomic mass is 10.1. The van der Waals surface area contributed by atoms with Crippen LogP contribution in [0.4, 0.5) is 5.95 Å². The van der Waals surface area contributed by atoms with E-state index in [1.165, 1.54) is 10.1 Å². The van der Waals surface area contributed by atoms with Gasteiger partial charge in [-0.2, -0.15) is 4.98 Å². The number of hydrogen-bond acceptors (Lipinski definition) is 4. The molecule has 0 aliphatic rings. The molecule has 0 aliphatic heterocycles. The summed E-state index contributed by atoms with van der Waals surface area (Å²) < 4.78 is 3.29. The van der Waals surface area contributed by atoms with Gasteiger partial charge in [0.15, 0.2) is 11.2 Å². The Kier molecular flexibility index (Phi) is 5.78. The molecular formula is C20H27N5O2. The first-order valence-corrected chi connectivity index (χ1v) is 9.50. The fourth-order valence-electron chi connectivity index (χ4n) is 3.17. The van der Waals surface area contributed by atoms with Crippen LogP contribution in [0.1, 0.15) is 43.7 Å². The highest BCUT2D eigenvalue weighted by molar-refractivity contribution is 5.74. The van der Waals surface area contributed by atoms with Gasteiger partial charge >= 0.3 is 5.69 Å². The molecule has 2 heterocycles. The van der Waals surface area contributed by atoms with Crippen molar-refractivity contribution in [3.05, 3.63) is 56.2 Å². The van der Waals surface area contributed by atoms with Crippen molar-refractivity contribution in [1.82, 2.24) is 19.1 Å². The monoisotopic (exact) mass is 369 g/mol. The summed E-state index contributed by atoms with van der Waals surface area (Å²) in [6.45, 7) is 5.51. The largest absolute Gasteiger partial charge is 0.352 e. The van der Waals surface area contributed by atoms with Crippen molar-refractivity contribution in [3.63, 3.8) is 0 Å². The molecule has 0 fully saturated rings. The minimum absolute atomic E-state index is 0.389. The van der Waals surface area contributed by atoms with E-state index in [9.17, 15) is 9.59 Å². The van der Waals surface area contributed by atoms with Crippen LogP contribution in [0.3, 0.4) is 0 Å². The lowest BCUT2D eigenvalue weighted by Crippen LogP contribution is -2.29. The van der Waals surface area contributed by atoms with Gasteiger partial charge in [0.1, 0.15) is 0 Å². The number of aryl methyl sites for hydroxylation is 3. The number of imidazole rings is 1. The Bertz CT molecular complexity index is 1030. The summed E-state index contributed by atoms with van der Waals surface area (Å²) in [5, 5.41) is 3.34. The molecule has 2 N–H and O–H groups in total. The van der Waals surface area contributed by atoms with Gasteiger partial charge in [-0.05, 0) is 18.9 Å². The summed E-state index contributed by atoms with van der Waals surface area (Å²) in [4.78, 5) is 31.3. The van der Waals surface area contributed by atoms with Gasteiger partial charge in [-0.15, -0.1) is 0 Å². The summed E-state index contributed by atoms with van der Waals surface area (Å²) >= 11 is 0. The van der Waals surface area contributed by atoms with Gasteiger partial charge in [0.2, 0.25) is 5.95 Å². The molecule has 0 aliphatic carbocycles. The number of benzene rings is 1. The molecule has 2 aromatic heterocycles. The predicted molar refractivity (Wildman–Crippen MR) is 108 cm³/mol. The second-order valence-corrected chi connectivity index (χ2v) is 6.98. The molecule has 0 saturated heterocycles. The maximum absolute atomic E-state index is 12.4. The molecule has 0 atom stereocenters. The minimum atomic E-state index is -0.451. The van der Waals surface area contributed by atoms with Crippen LogP contribution in [0.25, 0.3) is 11.2 Å². The summed E-state index contributed by atoms with van der Waals surface area (Å²) in [5.74, 6) is 0.619. The number of aromatic nitrogens is 4. The molecule has 0 saturated carbocycles. The third kappa shape index (κ3) is 4.13. The Hall–Kier alpha value is -2.83. The highest BCUT2D eigenvalue weighted by Gasteiger charge is 2.17. The van der Waals surface area contributed by atoms with E-state index in [0.717, 1.165) is 31.2 Å². The van der Waals surface area contributed by atoms with Gasteiger partial charge in [0.05, 0.1) is 0 Å². The Balaban J connectivity index is 1.95. The zero-order chi connectivity index (χ0) is 19.4. The molecule has 3 rings (SSSR count). The number of fused-ring (bicyclic) bond motifs is 1. The van der Waals surface area contributed by atoms with Gasteiger partial charge in [-0.1, -0.05) is 56.0 Å². The standard InChI is InChI=1S/C20H27N5O2/c1-4-5-6-7-12-25-16-17(24(3)20(27)23-18(16)26)22-19(25)21-13-15-10-8-14(2)9-11-15/h8-11H,4-7,12-13H2,1-3H3,(H,21,22)(H,23,26,27). The quantitative estimate of drug-likeness (QED) is 0.598. The Morgan fingerprint density at radius 1 is 1.11 bits per heavy atom. The highest BCUT2D eigenvalue weighted by Crippen LogP contribution is 2.18. The number of rotatable bonds is 8. The molecule has 0 amide bonds. The molecule has 0 radical (unpaired) electrons. The molecular weight excluding hydrogens is 342 g/mol. The number of anilines is 1. The van der Waals surface area contributed by atoms with Crippen LogP contribution in [0.15, 0.2) is 33.9 Å². The van der Waals surface area contributed by atoms with Crippen molar-refractivity contribution in [2.24, 2.45) is 7.05 Å². The summed E-state index contributed by atoms with van der Waals surface area (Å²) in [6, 6.07) is 8.27. The van der Waals surface area contributed by atoms with Gasteiger partial charge < -0.3 is 9.88 Å². The number of nitrogens with zero attached hydrogens (tertiary/aromatic N) is 3. The lowest BCUT2D eigenvalue weighted by Gasteiger charge is -2.10. The van der Waals surface area contributed by atoms with Crippen LogP contribution in [-0.4, -0.2) is 19.1 Å². The van der Waals surface area contributed by atoms with Crippen molar-refractivity contribution in [2.75, 3.05) is 5.32 Å². The first-order chi connectivity index (χ1) is 13.0. The fraction of sp³-hybridized carbons (Fsp3) is 0.450. The van der Waals surface area contributed by atoms with E-state index < -0.39 is 5.69 Å². The number of hydrogen-bond donors (Lipinski definition) is 2. The Morgan fingerprint density at radius 2 is 1.85 bits per heavy atom. The normalized spacial score (nSPS) is 11.2. The zero-order valence-electron chi connectivity index (χ0n) is 16.2. The molecule has 144 valence electrons. The van der Waals surface area contributed by atoms with E-state index in [0.29, 0.717) is 30.2 Å². The third-order valence-electron chi connectivity index (χ3n) is 4.81. The second kappa shape index (κ2) is 8.24. The van der Waals surface area contributed by atoms with Gasteiger partial charge in [-0.3, -0.25) is 14.3 Å². The fourth-order valence-corrected chi connectivity index (χ4v) is 3.17. The molecule has 3 aromatic rings. The molecule has 7 nitrogen and oxygen atoms in total. The Morgan fingerprint density at radius 3 is 2.56 bits per heavy atom. The van der Waals surface area contributed by atoms with Crippen LogP contribution >= 0.6 is 0 Å². The van der Waals surface area contributed by atoms with Crippen LogP contribution in [0.5, 0.6) is 0 Å². The lowest BCUT2D eigenvalue weighted by molar-refractivity contribution is 0.592. The van der Waals surface area contributed by atoms with Crippen LogP contribution in [0, 0.1) is 6.92 Å². The maximum Gasteiger partial charge on any atom is 0.329 e. The van der Waals surface area contributed by atoms with Crippen molar-refractivity contribution < 1.29 is 0 Å². The molecule has 0 bridgehead atoms. The van der Waals surface area contributed by atoms with E-state index in [1.807, 2.05) is 4.57 Å². The van der Waals surface area contributed by atoms with E-state index in [4.69, 9.17) is 0 Å².